The molecule has 1 aliphatic carbocycles. The highest BCUT2D eigenvalue weighted by Gasteiger charge is 2.22. The summed E-state index contributed by atoms with van der Waals surface area (Å²) in [5.41, 5.74) is 0. The third-order valence-corrected chi connectivity index (χ3v) is 3.78. The van der Waals surface area contributed by atoms with Crippen LogP contribution in [-0.4, -0.2) is 18.1 Å². The highest BCUT2D eigenvalue weighted by Crippen LogP contribution is 2.32. The molecular formula is C12H17Cl2N3. The van der Waals surface area contributed by atoms with Crippen LogP contribution in [0.5, 0.6) is 0 Å². The Labute approximate surface area is 112 Å². The van der Waals surface area contributed by atoms with Crippen molar-refractivity contribution in [3.8, 4) is 0 Å². The third kappa shape index (κ3) is 2.96. The van der Waals surface area contributed by atoms with Crippen molar-refractivity contribution in [1.82, 2.24) is 4.98 Å². The number of hydrogen-bond donors (Lipinski definition) is 2. The minimum Gasteiger partial charge on any atom is -0.372 e. The van der Waals surface area contributed by atoms with Gasteiger partial charge in [0.25, 0.3) is 0 Å². The molecule has 1 fully saturated rings. The SMILES string of the molecule is CNc1nc(NC2CCC(C)C2)c(Cl)cc1Cl. The summed E-state index contributed by atoms with van der Waals surface area (Å²) < 4.78 is 0. The first kappa shape index (κ1) is 12.8. The van der Waals surface area contributed by atoms with E-state index >= 15 is 0 Å². The van der Waals surface area contributed by atoms with Crippen molar-refractivity contribution in [3.63, 3.8) is 0 Å². The average Bonchev–Trinajstić information content (AvgIpc) is 2.68. The number of hydrogen-bond acceptors (Lipinski definition) is 3. The lowest BCUT2D eigenvalue weighted by atomic mass is 10.1. The van der Waals surface area contributed by atoms with Crippen LogP contribution in [0.2, 0.25) is 10.0 Å². The normalized spacial score (nSPS) is 23.8. The molecule has 2 atom stereocenters. The van der Waals surface area contributed by atoms with Crippen LogP contribution in [-0.2, 0) is 0 Å². The van der Waals surface area contributed by atoms with Crippen LogP contribution >= 0.6 is 23.2 Å². The predicted molar refractivity (Wildman–Crippen MR) is 74.2 cm³/mol. The predicted octanol–water partition coefficient (Wildman–Crippen LogP) is 4.03. The number of rotatable bonds is 3. The topological polar surface area (TPSA) is 37.0 Å². The molecule has 2 unspecified atom stereocenters. The van der Waals surface area contributed by atoms with Gasteiger partial charge in [-0.1, -0.05) is 30.1 Å². The lowest BCUT2D eigenvalue weighted by Crippen LogP contribution is -2.17. The summed E-state index contributed by atoms with van der Waals surface area (Å²) in [5, 5.41) is 7.48. The first-order valence-electron chi connectivity index (χ1n) is 5.90. The Kier molecular flexibility index (Phi) is 4.00. The summed E-state index contributed by atoms with van der Waals surface area (Å²) in [6, 6.07) is 2.20. The van der Waals surface area contributed by atoms with Crippen LogP contribution < -0.4 is 10.6 Å². The second-order valence-corrected chi connectivity index (χ2v) is 5.47. The summed E-state index contributed by atoms with van der Waals surface area (Å²) in [5.74, 6) is 2.16. The van der Waals surface area contributed by atoms with E-state index in [1.807, 2.05) is 0 Å². The number of nitrogens with zero attached hydrogens (tertiary/aromatic N) is 1. The fourth-order valence-corrected chi connectivity index (χ4v) is 2.78. The molecule has 3 nitrogen and oxygen atoms in total. The fraction of sp³-hybridized carbons (Fsp3) is 0.583. The van der Waals surface area contributed by atoms with Crippen molar-refractivity contribution < 1.29 is 0 Å². The molecule has 0 saturated heterocycles. The lowest BCUT2D eigenvalue weighted by molar-refractivity contribution is 0.602. The van der Waals surface area contributed by atoms with Crippen LogP contribution in [0.1, 0.15) is 26.2 Å². The molecule has 2 N–H and O–H groups in total. The van der Waals surface area contributed by atoms with E-state index in [-0.39, 0.29) is 0 Å². The second kappa shape index (κ2) is 5.32. The zero-order valence-corrected chi connectivity index (χ0v) is 11.6. The van der Waals surface area contributed by atoms with Gasteiger partial charge in [-0.3, -0.25) is 0 Å². The van der Waals surface area contributed by atoms with E-state index in [9.17, 15) is 0 Å². The van der Waals surface area contributed by atoms with Crippen molar-refractivity contribution in [2.75, 3.05) is 17.7 Å². The highest BCUT2D eigenvalue weighted by molar-refractivity contribution is 6.37. The lowest BCUT2D eigenvalue weighted by Gasteiger charge is -2.15. The Morgan fingerprint density at radius 1 is 1.24 bits per heavy atom. The molecule has 1 heterocycles. The van der Waals surface area contributed by atoms with E-state index in [4.69, 9.17) is 23.2 Å². The van der Waals surface area contributed by atoms with Crippen LogP contribution in [0.4, 0.5) is 11.6 Å². The van der Waals surface area contributed by atoms with Gasteiger partial charge in [-0.25, -0.2) is 4.98 Å². The van der Waals surface area contributed by atoms with E-state index in [0.29, 0.717) is 21.9 Å². The van der Waals surface area contributed by atoms with E-state index in [1.165, 1.54) is 19.3 Å². The van der Waals surface area contributed by atoms with Crippen LogP contribution in [0.25, 0.3) is 0 Å². The molecule has 1 saturated carbocycles. The zero-order chi connectivity index (χ0) is 12.4. The smallest absolute Gasteiger partial charge is 0.147 e. The molecule has 1 aromatic rings. The van der Waals surface area contributed by atoms with Gasteiger partial charge < -0.3 is 10.6 Å². The monoisotopic (exact) mass is 273 g/mol. The van der Waals surface area contributed by atoms with E-state index < -0.39 is 0 Å². The van der Waals surface area contributed by atoms with E-state index in [2.05, 4.69) is 22.5 Å². The van der Waals surface area contributed by atoms with Gasteiger partial charge in [0, 0.05) is 13.1 Å². The summed E-state index contributed by atoms with van der Waals surface area (Å²) in [4.78, 5) is 4.39. The molecule has 0 bridgehead atoms. The van der Waals surface area contributed by atoms with Gasteiger partial charge in [0.2, 0.25) is 0 Å². The van der Waals surface area contributed by atoms with Crippen molar-refractivity contribution >= 4 is 34.8 Å². The van der Waals surface area contributed by atoms with Gasteiger partial charge in [-0.05, 0) is 31.2 Å². The molecule has 17 heavy (non-hydrogen) atoms. The Morgan fingerprint density at radius 3 is 2.53 bits per heavy atom. The van der Waals surface area contributed by atoms with Crippen molar-refractivity contribution in [2.24, 2.45) is 5.92 Å². The Hall–Kier alpha value is -0.670. The van der Waals surface area contributed by atoms with Gasteiger partial charge >= 0.3 is 0 Å². The van der Waals surface area contributed by atoms with Crippen molar-refractivity contribution in [1.29, 1.82) is 0 Å². The number of nitrogens with one attached hydrogen (secondary N) is 2. The summed E-state index contributed by atoms with van der Waals surface area (Å²) in [6.45, 7) is 2.28. The summed E-state index contributed by atoms with van der Waals surface area (Å²) in [6.07, 6.45) is 3.62. The average molecular weight is 274 g/mol. The minimum absolute atomic E-state index is 0.473. The molecule has 0 radical (unpaired) electrons. The maximum atomic E-state index is 6.14. The molecule has 0 spiro atoms. The quantitative estimate of drug-likeness (QED) is 0.873. The van der Waals surface area contributed by atoms with E-state index in [0.717, 1.165) is 11.7 Å². The molecular weight excluding hydrogens is 257 g/mol. The highest BCUT2D eigenvalue weighted by atomic mass is 35.5. The molecule has 1 aromatic heterocycles. The summed E-state index contributed by atoms with van der Waals surface area (Å²) in [7, 11) is 1.80. The largest absolute Gasteiger partial charge is 0.372 e. The maximum absolute atomic E-state index is 6.14. The molecule has 94 valence electrons. The number of aromatic nitrogens is 1. The van der Waals surface area contributed by atoms with Gasteiger partial charge in [0.1, 0.15) is 11.6 Å². The standard InChI is InChI=1S/C12H17Cl2N3/c1-7-3-4-8(5-7)16-12-10(14)6-9(13)11(15-2)17-12/h6-8H,3-5H2,1-2H3,(H2,15,16,17). The Balaban J connectivity index is 2.15. The Morgan fingerprint density at radius 2 is 1.94 bits per heavy atom. The molecule has 0 aliphatic heterocycles. The molecule has 5 heteroatoms. The minimum atomic E-state index is 0.473. The van der Waals surface area contributed by atoms with Gasteiger partial charge in [0.05, 0.1) is 10.0 Å². The first-order valence-corrected chi connectivity index (χ1v) is 6.66. The molecule has 0 aromatic carbocycles. The van der Waals surface area contributed by atoms with Gasteiger partial charge in [-0.2, -0.15) is 0 Å². The Bertz CT molecular complexity index is 409. The molecule has 1 aliphatic rings. The number of pyridine rings is 1. The van der Waals surface area contributed by atoms with Crippen LogP contribution in [0.3, 0.4) is 0 Å². The molecule has 0 amide bonds. The van der Waals surface area contributed by atoms with Gasteiger partial charge in [0.15, 0.2) is 0 Å². The van der Waals surface area contributed by atoms with Crippen LogP contribution in [0, 0.1) is 5.92 Å². The third-order valence-electron chi connectivity index (χ3n) is 3.20. The fourth-order valence-electron chi connectivity index (χ4n) is 2.27. The second-order valence-electron chi connectivity index (χ2n) is 4.66. The number of anilines is 2. The zero-order valence-electron chi connectivity index (χ0n) is 10.1. The van der Waals surface area contributed by atoms with Gasteiger partial charge in [-0.15, -0.1) is 0 Å². The number of halogens is 2. The van der Waals surface area contributed by atoms with Crippen molar-refractivity contribution in [2.45, 2.75) is 32.2 Å². The van der Waals surface area contributed by atoms with E-state index in [1.54, 1.807) is 13.1 Å². The van der Waals surface area contributed by atoms with Crippen LogP contribution in [0.15, 0.2) is 6.07 Å². The molecule has 2 rings (SSSR count). The maximum Gasteiger partial charge on any atom is 0.147 e. The van der Waals surface area contributed by atoms with Crippen molar-refractivity contribution in [3.05, 3.63) is 16.1 Å². The summed E-state index contributed by atoms with van der Waals surface area (Å²) >= 11 is 12.1. The first-order chi connectivity index (χ1) is 8.10.